The molecule has 0 spiro atoms. The molecule has 0 aliphatic heterocycles. The van der Waals surface area contributed by atoms with Crippen LogP contribution in [0.5, 0.6) is 5.75 Å². The van der Waals surface area contributed by atoms with Crippen molar-refractivity contribution in [1.82, 2.24) is 14.9 Å². The Hall–Kier alpha value is -4.14. The number of amides is 1. The number of fused-ring (bicyclic) bond motifs is 1. The SMILES string of the molecule is Cc1cc2cc(C(=O)N(Cc3ccc(C(F)(F)F)cn3)[C@H](C)c3cccc(O)c3)ccc2nc1N. The van der Waals surface area contributed by atoms with E-state index >= 15 is 0 Å². The maximum atomic E-state index is 13.7. The van der Waals surface area contributed by atoms with Gasteiger partial charge in [-0.05, 0) is 73.5 Å². The lowest BCUT2D eigenvalue weighted by atomic mass is 10.0. The first-order valence-corrected chi connectivity index (χ1v) is 10.8. The van der Waals surface area contributed by atoms with Crippen LogP contribution in [0.4, 0.5) is 19.0 Å². The Morgan fingerprint density at radius 1 is 1.11 bits per heavy atom. The van der Waals surface area contributed by atoms with E-state index in [2.05, 4.69) is 9.97 Å². The molecular formula is C26H23F3N4O2. The Morgan fingerprint density at radius 2 is 1.89 bits per heavy atom. The van der Waals surface area contributed by atoms with Crippen molar-refractivity contribution in [1.29, 1.82) is 0 Å². The number of aromatic hydroxyl groups is 1. The van der Waals surface area contributed by atoms with Crippen LogP contribution in [0.25, 0.3) is 10.9 Å². The van der Waals surface area contributed by atoms with Gasteiger partial charge in [0, 0.05) is 17.1 Å². The number of nitrogen functional groups attached to an aromatic ring is 1. The Bertz CT molecular complexity index is 1390. The summed E-state index contributed by atoms with van der Waals surface area (Å²) in [7, 11) is 0. The van der Waals surface area contributed by atoms with Crippen molar-refractivity contribution in [3.63, 3.8) is 0 Å². The third-order valence-corrected chi connectivity index (χ3v) is 5.86. The predicted octanol–water partition coefficient (Wildman–Crippen LogP) is 5.65. The van der Waals surface area contributed by atoms with Gasteiger partial charge in [0.05, 0.1) is 29.4 Å². The summed E-state index contributed by atoms with van der Waals surface area (Å²) in [6, 6.07) is 15.1. The van der Waals surface area contributed by atoms with Crippen LogP contribution in [0.3, 0.4) is 0 Å². The summed E-state index contributed by atoms with van der Waals surface area (Å²) in [6.45, 7) is 3.57. The molecule has 4 rings (SSSR count). The molecule has 1 atom stereocenters. The smallest absolute Gasteiger partial charge is 0.417 e. The van der Waals surface area contributed by atoms with E-state index in [9.17, 15) is 23.1 Å². The summed E-state index contributed by atoms with van der Waals surface area (Å²) < 4.78 is 38.9. The van der Waals surface area contributed by atoms with Gasteiger partial charge in [0.2, 0.25) is 0 Å². The highest BCUT2D eigenvalue weighted by Gasteiger charge is 2.31. The van der Waals surface area contributed by atoms with Gasteiger partial charge >= 0.3 is 6.18 Å². The monoisotopic (exact) mass is 480 g/mol. The second-order valence-electron chi connectivity index (χ2n) is 8.34. The zero-order chi connectivity index (χ0) is 25.3. The van der Waals surface area contributed by atoms with E-state index in [-0.39, 0.29) is 18.2 Å². The van der Waals surface area contributed by atoms with Crippen molar-refractivity contribution in [2.75, 3.05) is 5.73 Å². The van der Waals surface area contributed by atoms with Crippen molar-refractivity contribution in [3.8, 4) is 5.75 Å². The summed E-state index contributed by atoms with van der Waals surface area (Å²) in [5.74, 6) is 0.0993. The predicted molar refractivity (Wildman–Crippen MR) is 127 cm³/mol. The van der Waals surface area contributed by atoms with E-state index in [4.69, 9.17) is 5.73 Å². The lowest BCUT2D eigenvalue weighted by Crippen LogP contribution is -2.33. The number of nitrogens with two attached hydrogens (primary N) is 1. The molecule has 6 nitrogen and oxygen atoms in total. The Morgan fingerprint density at radius 3 is 2.54 bits per heavy atom. The van der Waals surface area contributed by atoms with Gasteiger partial charge in [0.1, 0.15) is 11.6 Å². The first kappa shape index (κ1) is 24.0. The Kier molecular flexibility index (Phi) is 6.34. The number of aryl methyl sites for hydroxylation is 1. The molecule has 2 heterocycles. The fourth-order valence-electron chi connectivity index (χ4n) is 3.81. The highest BCUT2D eigenvalue weighted by molar-refractivity contribution is 5.98. The number of alkyl halides is 3. The number of hydrogen-bond donors (Lipinski definition) is 2. The van der Waals surface area contributed by atoms with E-state index < -0.39 is 17.8 Å². The number of halogens is 3. The van der Waals surface area contributed by atoms with Crippen molar-refractivity contribution in [2.45, 2.75) is 32.6 Å². The minimum absolute atomic E-state index is 0.0369. The number of anilines is 1. The number of aromatic nitrogens is 2. The number of carbonyl (C=O) groups excluding carboxylic acids is 1. The fourth-order valence-corrected chi connectivity index (χ4v) is 3.81. The van der Waals surface area contributed by atoms with Crippen LogP contribution >= 0.6 is 0 Å². The Balaban J connectivity index is 1.72. The number of hydrogen-bond acceptors (Lipinski definition) is 5. The molecule has 35 heavy (non-hydrogen) atoms. The van der Waals surface area contributed by atoms with E-state index in [0.717, 1.165) is 23.2 Å². The summed E-state index contributed by atoms with van der Waals surface area (Å²) in [6.07, 6.45) is -3.75. The van der Waals surface area contributed by atoms with Gasteiger partial charge in [0.25, 0.3) is 5.91 Å². The van der Waals surface area contributed by atoms with Gasteiger partial charge in [-0.2, -0.15) is 13.2 Å². The zero-order valence-electron chi connectivity index (χ0n) is 19.0. The number of nitrogens with zero attached hydrogens (tertiary/aromatic N) is 3. The van der Waals surface area contributed by atoms with Gasteiger partial charge in [-0.1, -0.05) is 12.1 Å². The number of benzene rings is 2. The van der Waals surface area contributed by atoms with E-state index in [1.807, 2.05) is 13.0 Å². The minimum atomic E-state index is -4.50. The van der Waals surface area contributed by atoms with Crippen LogP contribution in [-0.2, 0) is 12.7 Å². The van der Waals surface area contributed by atoms with E-state index in [0.29, 0.717) is 28.2 Å². The molecule has 3 N–H and O–H groups in total. The van der Waals surface area contributed by atoms with Crippen LogP contribution < -0.4 is 5.73 Å². The molecule has 0 saturated carbocycles. The lowest BCUT2D eigenvalue weighted by molar-refractivity contribution is -0.137. The molecule has 2 aromatic carbocycles. The third kappa shape index (κ3) is 5.18. The normalized spacial score (nSPS) is 12.5. The van der Waals surface area contributed by atoms with Gasteiger partial charge in [-0.25, -0.2) is 4.98 Å². The quantitative estimate of drug-likeness (QED) is 0.385. The highest BCUT2D eigenvalue weighted by atomic mass is 19.4. The molecule has 180 valence electrons. The number of rotatable bonds is 5. The molecule has 4 aromatic rings. The topological polar surface area (TPSA) is 92.3 Å². The van der Waals surface area contributed by atoms with Crippen LogP contribution in [-0.4, -0.2) is 25.9 Å². The second-order valence-corrected chi connectivity index (χ2v) is 8.34. The van der Waals surface area contributed by atoms with Gasteiger partial charge in [-0.15, -0.1) is 0 Å². The maximum absolute atomic E-state index is 13.7. The molecule has 0 aliphatic rings. The molecule has 0 unspecified atom stereocenters. The molecule has 0 bridgehead atoms. The van der Waals surface area contributed by atoms with Crippen LogP contribution in [0.1, 0.15) is 45.7 Å². The summed E-state index contributed by atoms with van der Waals surface area (Å²) in [5.41, 5.74) is 7.78. The van der Waals surface area contributed by atoms with Gasteiger partial charge < -0.3 is 15.7 Å². The Labute approximate surface area is 199 Å². The van der Waals surface area contributed by atoms with Crippen molar-refractivity contribution < 1.29 is 23.1 Å². The number of carbonyl (C=O) groups is 1. The van der Waals surface area contributed by atoms with Crippen molar-refractivity contribution >= 4 is 22.6 Å². The van der Waals surface area contributed by atoms with Gasteiger partial charge in [0.15, 0.2) is 0 Å². The lowest BCUT2D eigenvalue weighted by Gasteiger charge is -2.30. The molecule has 0 saturated heterocycles. The molecule has 0 fully saturated rings. The first-order valence-electron chi connectivity index (χ1n) is 10.8. The number of pyridine rings is 2. The van der Waals surface area contributed by atoms with E-state index in [1.165, 1.54) is 17.0 Å². The molecule has 0 aliphatic carbocycles. The molecule has 9 heteroatoms. The van der Waals surface area contributed by atoms with E-state index in [1.54, 1.807) is 43.3 Å². The molecule has 1 amide bonds. The fraction of sp³-hybridized carbons (Fsp3) is 0.192. The number of phenolic OH excluding ortho intramolecular Hbond substituents is 1. The minimum Gasteiger partial charge on any atom is -0.508 e. The summed E-state index contributed by atoms with van der Waals surface area (Å²) in [4.78, 5) is 23.5. The standard InChI is InChI=1S/C26H23F3N4O2/c1-15-10-19-11-18(6-9-23(19)32-24(15)30)25(35)33(16(2)17-4-3-5-22(34)12-17)14-21-8-7-20(13-31-21)26(27,28)29/h3-13,16,34H,14H2,1-2H3,(H2,30,32)/t16-/m1/s1. The average Bonchev–Trinajstić information content (AvgIpc) is 2.82. The van der Waals surface area contributed by atoms with Crippen molar-refractivity contribution in [2.24, 2.45) is 0 Å². The molecule has 2 aromatic heterocycles. The highest BCUT2D eigenvalue weighted by Crippen LogP contribution is 2.30. The average molecular weight is 480 g/mol. The molecule has 0 radical (unpaired) electrons. The van der Waals surface area contributed by atoms with Crippen LogP contribution in [0, 0.1) is 6.92 Å². The summed E-state index contributed by atoms with van der Waals surface area (Å²) >= 11 is 0. The van der Waals surface area contributed by atoms with Gasteiger partial charge in [-0.3, -0.25) is 9.78 Å². The third-order valence-electron chi connectivity index (χ3n) is 5.86. The number of phenols is 1. The van der Waals surface area contributed by atoms with Crippen molar-refractivity contribution in [3.05, 3.63) is 94.8 Å². The maximum Gasteiger partial charge on any atom is 0.417 e. The van der Waals surface area contributed by atoms with Crippen LogP contribution in [0.15, 0.2) is 66.9 Å². The molecular weight excluding hydrogens is 457 g/mol. The van der Waals surface area contributed by atoms with Crippen LogP contribution in [0.2, 0.25) is 0 Å². The summed E-state index contributed by atoms with van der Waals surface area (Å²) in [5, 5.41) is 10.7. The second kappa shape index (κ2) is 9.25. The first-order chi connectivity index (χ1) is 16.5. The largest absolute Gasteiger partial charge is 0.508 e. The zero-order valence-corrected chi connectivity index (χ0v) is 19.0.